The molecule has 0 fully saturated rings. The number of nitro groups is 1. The minimum absolute atomic E-state index is 0.0597. The second-order valence-electron chi connectivity index (χ2n) is 5.79. The van der Waals surface area contributed by atoms with Gasteiger partial charge < -0.3 is 24.3 Å². The van der Waals surface area contributed by atoms with Gasteiger partial charge in [0.15, 0.2) is 18.1 Å². The van der Waals surface area contributed by atoms with E-state index in [-0.39, 0.29) is 17.0 Å². The Balaban J connectivity index is 2.07. The standard InChI is InChI=1S/C19H20N2O8/c1-11-7-12(21(24)25)5-6-14(11)20-18(22)10-29-19(23)13-8-16(27-3)17(28-4)9-15(13)26-2/h5-9H,10H2,1-4H3,(H,20,22). The maximum absolute atomic E-state index is 12.4. The summed E-state index contributed by atoms with van der Waals surface area (Å²) in [5, 5.41) is 13.3. The van der Waals surface area contributed by atoms with E-state index in [4.69, 9.17) is 18.9 Å². The van der Waals surface area contributed by atoms with Crippen LogP contribution in [0, 0.1) is 17.0 Å². The average molecular weight is 404 g/mol. The van der Waals surface area contributed by atoms with Crippen molar-refractivity contribution in [3.05, 3.63) is 51.6 Å². The van der Waals surface area contributed by atoms with E-state index in [9.17, 15) is 19.7 Å². The minimum atomic E-state index is -0.793. The monoisotopic (exact) mass is 404 g/mol. The van der Waals surface area contributed by atoms with E-state index in [1.54, 1.807) is 6.92 Å². The zero-order valence-electron chi connectivity index (χ0n) is 16.3. The first kappa shape index (κ1) is 21.5. The number of methoxy groups -OCH3 is 3. The highest BCUT2D eigenvalue weighted by Crippen LogP contribution is 2.34. The second kappa shape index (κ2) is 9.40. The third kappa shape index (κ3) is 5.12. The molecule has 0 radical (unpaired) electrons. The summed E-state index contributed by atoms with van der Waals surface area (Å²) in [6, 6.07) is 6.86. The molecule has 0 saturated carbocycles. The van der Waals surface area contributed by atoms with Gasteiger partial charge in [-0.05, 0) is 18.6 Å². The number of amides is 1. The first-order chi connectivity index (χ1) is 13.8. The molecule has 1 amide bonds. The molecule has 2 rings (SSSR count). The molecule has 0 aliphatic carbocycles. The summed E-state index contributed by atoms with van der Waals surface area (Å²) >= 11 is 0. The molecule has 2 aromatic carbocycles. The molecule has 1 N–H and O–H groups in total. The second-order valence-corrected chi connectivity index (χ2v) is 5.79. The Hall–Kier alpha value is -3.82. The van der Waals surface area contributed by atoms with E-state index in [1.165, 1.54) is 51.7 Å². The number of non-ortho nitro benzene ring substituents is 1. The Bertz CT molecular complexity index is 942. The molecule has 0 aliphatic heterocycles. The Morgan fingerprint density at radius 3 is 2.17 bits per heavy atom. The van der Waals surface area contributed by atoms with Gasteiger partial charge in [0.2, 0.25) is 0 Å². The number of hydrogen-bond acceptors (Lipinski definition) is 8. The molecular formula is C19H20N2O8. The van der Waals surface area contributed by atoms with Gasteiger partial charge in [0.05, 0.1) is 26.3 Å². The predicted octanol–water partition coefficient (Wildman–Crippen LogP) is 2.72. The summed E-state index contributed by atoms with van der Waals surface area (Å²) in [6.45, 7) is 1.05. The lowest BCUT2D eigenvalue weighted by Crippen LogP contribution is -2.21. The van der Waals surface area contributed by atoms with Gasteiger partial charge in [0, 0.05) is 30.0 Å². The van der Waals surface area contributed by atoms with Gasteiger partial charge >= 0.3 is 5.97 Å². The molecule has 0 unspecified atom stereocenters. The van der Waals surface area contributed by atoms with Gasteiger partial charge in [-0.3, -0.25) is 14.9 Å². The molecule has 0 aromatic heterocycles. The molecule has 0 bridgehead atoms. The van der Waals surface area contributed by atoms with Crippen molar-refractivity contribution < 1.29 is 33.5 Å². The van der Waals surface area contributed by atoms with Crippen LogP contribution in [-0.4, -0.2) is 44.7 Å². The maximum Gasteiger partial charge on any atom is 0.342 e. The normalized spacial score (nSPS) is 10.1. The van der Waals surface area contributed by atoms with E-state index in [0.29, 0.717) is 22.7 Å². The Kier molecular flexibility index (Phi) is 6.96. The van der Waals surface area contributed by atoms with Gasteiger partial charge in [-0.25, -0.2) is 4.79 Å². The van der Waals surface area contributed by atoms with Crippen molar-refractivity contribution in [3.8, 4) is 17.2 Å². The van der Waals surface area contributed by atoms with E-state index in [0.717, 1.165) is 0 Å². The molecule has 0 aliphatic rings. The van der Waals surface area contributed by atoms with Crippen molar-refractivity contribution in [3.63, 3.8) is 0 Å². The number of carbonyl (C=O) groups is 2. The zero-order valence-corrected chi connectivity index (χ0v) is 16.3. The van der Waals surface area contributed by atoms with E-state index in [2.05, 4.69) is 5.32 Å². The SMILES string of the molecule is COc1cc(OC)c(C(=O)OCC(=O)Nc2ccc([N+](=O)[O-])cc2C)cc1OC. The lowest BCUT2D eigenvalue weighted by atomic mass is 10.1. The van der Waals surface area contributed by atoms with Crippen LogP contribution < -0.4 is 19.5 Å². The highest BCUT2D eigenvalue weighted by Gasteiger charge is 2.20. The first-order valence-corrected chi connectivity index (χ1v) is 8.32. The molecule has 0 spiro atoms. The number of rotatable bonds is 8. The molecule has 0 atom stereocenters. The largest absolute Gasteiger partial charge is 0.496 e. The molecule has 10 nitrogen and oxygen atoms in total. The van der Waals surface area contributed by atoms with Gasteiger partial charge in [0.25, 0.3) is 11.6 Å². The fourth-order valence-corrected chi connectivity index (χ4v) is 2.49. The quantitative estimate of drug-likeness (QED) is 0.404. The van der Waals surface area contributed by atoms with Crippen LogP contribution in [0.25, 0.3) is 0 Å². The van der Waals surface area contributed by atoms with Crippen LogP contribution in [0.4, 0.5) is 11.4 Å². The predicted molar refractivity (Wildman–Crippen MR) is 103 cm³/mol. The summed E-state index contributed by atoms with van der Waals surface area (Å²) in [4.78, 5) is 34.7. The molecule has 29 heavy (non-hydrogen) atoms. The first-order valence-electron chi connectivity index (χ1n) is 8.32. The maximum atomic E-state index is 12.4. The molecule has 154 valence electrons. The van der Waals surface area contributed by atoms with E-state index < -0.39 is 23.4 Å². The van der Waals surface area contributed by atoms with Crippen LogP contribution in [0.15, 0.2) is 30.3 Å². The zero-order chi connectivity index (χ0) is 21.6. The van der Waals surface area contributed by atoms with E-state index >= 15 is 0 Å². The molecule has 0 saturated heterocycles. The summed E-state index contributed by atoms with van der Waals surface area (Å²) in [5.74, 6) is -0.536. The average Bonchev–Trinajstić information content (AvgIpc) is 2.72. The number of benzene rings is 2. The number of anilines is 1. The van der Waals surface area contributed by atoms with Crippen molar-refractivity contribution in [1.29, 1.82) is 0 Å². The Labute approximate surface area is 166 Å². The Morgan fingerprint density at radius 1 is 1.00 bits per heavy atom. The smallest absolute Gasteiger partial charge is 0.342 e. The number of nitrogens with zero attached hydrogens (tertiary/aromatic N) is 1. The Morgan fingerprint density at radius 2 is 1.62 bits per heavy atom. The van der Waals surface area contributed by atoms with Crippen LogP contribution in [-0.2, 0) is 9.53 Å². The minimum Gasteiger partial charge on any atom is -0.496 e. The van der Waals surface area contributed by atoms with Crippen LogP contribution in [0.1, 0.15) is 15.9 Å². The number of nitro benzene ring substituents is 1. The van der Waals surface area contributed by atoms with Gasteiger partial charge in [-0.2, -0.15) is 0 Å². The number of esters is 1. The van der Waals surface area contributed by atoms with Crippen LogP contribution in [0.3, 0.4) is 0 Å². The topological polar surface area (TPSA) is 126 Å². The third-order valence-electron chi connectivity index (χ3n) is 3.95. The van der Waals surface area contributed by atoms with Crippen LogP contribution in [0.5, 0.6) is 17.2 Å². The lowest BCUT2D eigenvalue weighted by molar-refractivity contribution is -0.384. The van der Waals surface area contributed by atoms with Crippen molar-refractivity contribution in [2.45, 2.75) is 6.92 Å². The number of nitrogens with one attached hydrogen (secondary N) is 1. The number of hydrogen-bond donors (Lipinski definition) is 1. The summed E-state index contributed by atoms with van der Waals surface area (Å²) < 4.78 is 20.5. The van der Waals surface area contributed by atoms with Crippen molar-refractivity contribution >= 4 is 23.3 Å². The van der Waals surface area contributed by atoms with E-state index in [1.807, 2.05) is 0 Å². The van der Waals surface area contributed by atoms with Gasteiger partial charge in [0.1, 0.15) is 11.3 Å². The molecular weight excluding hydrogens is 384 g/mol. The van der Waals surface area contributed by atoms with Crippen molar-refractivity contribution in [1.82, 2.24) is 0 Å². The number of carbonyl (C=O) groups excluding carboxylic acids is 2. The molecule has 0 heterocycles. The molecule has 2 aromatic rings. The fraction of sp³-hybridized carbons (Fsp3) is 0.263. The third-order valence-corrected chi connectivity index (χ3v) is 3.95. The fourth-order valence-electron chi connectivity index (χ4n) is 2.49. The summed E-state index contributed by atoms with van der Waals surface area (Å²) in [5.41, 5.74) is 0.845. The summed E-state index contributed by atoms with van der Waals surface area (Å²) in [7, 11) is 4.24. The van der Waals surface area contributed by atoms with Crippen molar-refractivity contribution in [2.24, 2.45) is 0 Å². The number of aryl methyl sites for hydroxylation is 1. The number of ether oxygens (including phenoxy) is 4. The highest BCUT2D eigenvalue weighted by atomic mass is 16.6. The van der Waals surface area contributed by atoms with Crippen molar-refractivity contribution in [2.75, 3.05) is 33.3 Å². The summed E-state index contributed by atoms with van der Waals surface area (Å²) in [6.07, 6.45) is 0. The lowest BCUT2D eigenvalue weighted by Gasteiger charge is -2.14. The van der Waals surface area contributed by atoms with Crippen LogP contribution in [0.2, 0.25) is 0 Å². The van der Waals surface area contributed by atoms with Gasteiger partial charge in [-0.15, -0.1) is 0 Å². The highest BCUT2D eigenvalue weighted by molar-refractivity contribution is 5.97. The van der Waals surface area contributed by atoms with Crippen LogP contribution >= 0.6 is 0 Å². The molecule has 10 heteroatoms. The van der Waals surface area contributed by atoms with Gasteiger partial charge in [-0.1, -0.05) is 0 Å².